The zero-order chi connectivity index (χ0) is 5.21. The minimum Gasteiger partial charge on any atom is -0.274 e. The van der Waals surface area contributed by atoms with Crippen LogP contribution in [0, 0.1) is 10.7 Å². The first-order valence-electron chi connectivity index (χ1n) is 0.944. The van der Waals surface area contributed by atoms with Crippen molar-refractivity contribution >= 4 is 10.1 Å². The Balaban J connectivity index is 0. The Hall–Kier alpha value is -0.106. The number of nitriles is 1. The fourth-order valence-electron chi connectivity index (χ4n) is 0. The standard InChI is InChI=1S/CHNO3S.Ni/c2-1-6(3,4)5;/h(H,3,4,5);. The third-order valence-electron chi connectivity index (χ3n) is 0.115. The van der Waals surface area contributed by atoms with Crippen molar-refractivity contribution in [2.24, 2.45) is 0 Å². The monoisotopic (exact) mass is 165 g/mol. The number of hydrogen-bond donors (Lipinski definition) is 1. The molecule has 0 rings (SSSR count). The summed E-state index contributed by atoms with van der Waals surface area (Å²) in [4.78, 5) is 0. The second-order valence-electron chi connectivity index (χ2n) is 0.566. The second-order valence-corrected chi connectivity index (χ2v) is 1.70. The number of hydrogen-bond acceptors (Lipinski definition) is 3. The molecule has 0 saturated heterocycles. The van der Waals surface area contributed by atoms with Crippen LogP contribution >= 0.6 is 0 Å². The van der Waals surface area contributed by atoms with E-state index in [0.717, 1.165) is 0 Å². The van der Waals surface area contributed by atoms with Crippen LogP contribution in [-0.2, 0) is 26.6 Å². The third-order valence-corrected chi connectivity index (χ3v) is 0.346. The molecular weight excluding hydrogens is 165 g/mol. The number of rotatable bonds is 0. The van der Waals surface area contributed by atoms with Gasteiger partial charge in [0.1, 0.15) is 0 Å². The molecule has 0 aliphatic rings. The van der Waals surface area contributed by atoms with Gasteiger partial charge in [-0.1, -0.05) is 0 Å². The minimum atomic E-state index is -4.36. The van der Waals surface area contributed by atoms with Crippen LogP contribution in [0.15, 0.2) is 0 Å². The number of nitrogens with zero attached hydrogens (tertiary/aromatic N) is 1. The third kappa shape index (κ3) is 10.7. The van der Waals surface area contributed by atoms with E-state index in [-0.39, 0.29) is 16.5 Å². The van der Waals surface area contributed by atoms with E-state index in [9.17, 15) is 8.42 Å². The van der Waals surface area contributed by atoms with Gasteiger partial charge in [-0.05, 0) is 0 Å². The summed E-state index contributed by atoms with van der Waals surface area (Å²) in [5.74, 6) is 0. The predicted molar refractivity (Wildman–Crippen MR) is 17.2 cm³/mol. The average molecular weight is 166 g/mol. The van der Waals surface area contributed by atoms with Crippen molar-refractivity contribution in [1.82, 2.24) is 0 Å². The van der Waals surface area contributed by atoms with Crippen molar-refractivity contribution in [2.45, 2.75) is 0 Å². The summed E-state index contributed by atoms with van der Waals surface area (Å²) in [5, 5.41) is 7.95. The molecule has 0 aromatic rings. The van der Waals surface area contributed by atoms with Crippen LogP contribution in [0.2, 0.25) is 0 Å². The maximum absolute atomic E-state index is 9.19. The van der Waals surface area contributed by atoms with Gasteiger partial charge in [-0.2, -0.15) is 13.7 Å². The summed E-state index contributed by atoms with van der Waals surface area (Å²) >= 11 is 0. The van der Waals surface area contributed by atoms with Crippen LogP contribution in [0.4, 0.5) is 0 Å². The van der Waals surface area contributed by atoms with Gasteiger partial charge in [-0.3, -0.25) is 4.55 Å². The Morgan fingerprint density at radius 3 is 1.71 bits per heavy atom. The van der Waals surface area contributed by atoms with E-state index in [1.807, 2.05) is 0 Å². The van der Waals surface area contributed by atoms with Crippen molar-refractivity contribution in [1.29, 1.82) is 5.26 Å². The average Bonchev–Trinajstić information content (AvgIpc) is 1.35. The Labute approximate surface area is 50.8 Å². The smallest absolute Gasteiger partial charge is 0.274 e. The van der Waals surface area contributed by atoms with Crippen molar-refractivity contribution in [3.05, 3.63) is 0 Å². The van der Waals surface area contributed by atoms with E-state index >= 15 is 0 Å². The zero-order valence-electron chi connectivity index (χ0n) is 2.94. The summed E-state index contributed by atoms with van der Waals surface area (Å²) in [6.07, 6.45) is 0. The Morgan fingerprint density at radius 1 is 1.57 bits per heavy atom. The van der Waals surface area contributed by atoms with Gasteiger partial charge in [0.15, 0.2) is 0 Å². The minimum absolute atomic E-state index is 0. The van der Waals surface area contributed by atoms with Gasteiger partial charge >= 0.3 is 10.1 Å². The Bertz CT molecular complexity index is 164. The van der Waals surface area contributed by atoms with Crippen molar-refractivity contribution < 1.29 is 29.5 Å². The van der Waals surface area contributed by atoms with Crippen LogP contribution in [-0.4, -0.2) is 13.0 Å². The van der Waals surface area contributed by atoms with Crippen LogP contribution in [0.5, 0.6) is 0 Å². The van der Waals surface area contributed by atoms with E-state index in [4.69, 9.17) is 9.81 Å². The van der Waals surface area contributed by atoms with Gasteiger partial charge < -0.3 is 0 Å². The van der Waals surface area contributed by atoms with Gasteiger partial charge in [0.25, 0.3) is 0 Å². The zero-order valence-corrected chi connectivity index (χ0v) is 4.74. The first-order chi connectivity index (χ1) is 2.56. The van der Waals surface area contributed by atoms with Crippen molar-refractivity contribution in [3.8, 4) is 5.40 Å². The molecule has 4 nitrogen and oxygen atoms in total. The molecular formula is CHNNiO3S. The first kappa shape index (κ1) is 10.00. The fraction of sp³-hybridized carbons (Fsp3) is 0. The molecule has 0 saturated carbocycles. The van der Waals surface area contributed by atoms with E-state index in [0.29, 0.717) is 5.40 Å². The second kappa shape index (κ2) is 2.97. The molecule has 0 amide bonds. The molecule has 0 heterocycles. The van der Waals surface area contributed by atoms with Gasteiger partial charge in [0.05, 0.1) is 0 Å². The van der Waals surface area contributed by atoms with Crippen LogP contribution < -0.4 is 0 Å². The van der Waals surface area contributed by atoms with E-state index in [1.54, 1.807) is 0 Å². The topological polar surface area (TPSA) is 78.2 Å². The molecule has 0 unspecified atom stereocenters. The summed E-state index contributed by atoms with van der Waals surface area (Å²) < 4.78 is 25.8. The molecule has 6 heteroatoms. The molecule has 0 aliphatic carbocycles. The fourth-order valence-corrected chi connectivity index (χ4v) is 0. The van der Waals surface area contributed by atoms with Gasteiger partial charge in [-0.25, -0.2) is 0 Å². The Morgan fingerprint density at radius 2 is 1.71 bits per heavy atom. The largest absolute Gasteiger partial charge is 0.360 e. The van der Waals surface area contributed by atoms with Crippen LogP contribution in [0.25, 0.3) is 0 Å². The molecule has 0 aliphatic heterocycles. The van der Waals surface area contributed by atoms with Gasteiger partial charge in [0, 0.05) is 16.5 Å². The van der Waals surface area contributed by atoms with Crippen molar-refractivity contribution in [2.75, 3.05) is 0 Å². The SMILES string of the molecule is N#CS(=O)(=O)O.[Ni]. The molecule has 0 atom stereocenters. The maximum atomic E-state index is 9.19. The Kier molecular flexibility index (Phi) is 4.24. The normalized spacial score (nSPS) is 8.57. The number of thiocyanates is 1. The van der Waals surface area contributed by atoms with Crippen LogP contribution in [0.1, 0.15) is 0 Å². The summed E-state index contributed by atoms with van der Waals surface area (Å²) in [6, 6.07) is 0. The van der Waals surface area contributed by atoms with Gasteiger partial charge in [-0.15, -0.1) is 0 Å². The molecule has 7 heavy (non-hydrogen) atoms. The molecule has 0 spiro atoms. The summed E-state index contributed by atoms with van der Waals surface area (Å²) in [7, 11) is -4.36. The van der Waals surface area contributed by atoms with E-state index in [2.05, 4.69) is 0 Å². The summed E-state index contributed by atoms with van der Waals surface area (Å²) in [5.41, 5.74) is 0. The van der Waals surface area contributed by atoms with Crippen molar-refractivity contribution in [3.63, 3.8) is 0 Å². The van der Waals surface area contributed by atoms with Gasteiger partial charge in [0.2, 0.25) is 5.40 Å². The molecule has 0 aromatic heterocycles. The molecule has 44 valence electrons. The van der Waals surface area contributed by atoms with E-state index in [1.165, 1.54) is 0 Å². The summed E-state index contributed by atoms with van der Waals surface area (Å²) in [6.45, 7) is 0. The van der Waals surface area contributed by atoms with E-state index < -0.39 is 10.1 Å². The molecule has 0 aromatic carbocycles. The molecule has 0 bridgehead atoms. The molecule has 0 radical (unpaired) electrons. The molecule has 0 fully saturated rings. The maximum Gasteiger partial charge on any atom is 0.360 e. The van der Waals surface area contributed by atoms with Crippen LogP contribution in [0.3, 0.4) is 0 Å². The quantitative estimate of drug-likeness (QED) is 0.224. The predicted octanol–water partition coefficient (Wildman–Crippen LogP) is -0.647. The first-order valence-corrected chi connectivity index (χ1v) is 2.38. The molecule has 1 N–H and O–H groups in total.